The Balaban J connectivity index is 1.67. The summed E-state index contributed by atoms with van der Waals surface area (Å²) in [5.41, 5.74) is 2.18. The van der Waals surface area contributed by atoms with Crippen molar-refractivity contribution in [3.8, 4) is 0 Å². The molecule has 0 fully saturated rings. The number of anilines is 1. The zero-order valence-corrected chi connectivity index (χ0v) is 18.2. The van der Waals surface area contributed by atoms with Crippen LogP contribution in [0.3, 0.4) is 0 Å². The van der Waals surface area contributed by atoms with E-state index in [2.05, 4.69) is 10.0 Å². The van der Waals surface area contributed by atoms with E-state index in [0.29, 0.717) is 17.7 Å². The lowest BCUT2D eigenvalue weighted by Crippen LogP contribution is -2.33. The molecule has 0 spiro atoms. The second kappa shape index (κ2) is 9.85. The molecule has 0 aromatic heterocycles. The molecule has 162 valence electrons. The molecule has 2 N–H and O–H groups in total. The van der Waals surface area contributed by atoms with Crippen molar-refractivity contribution < 1.29 is 17.6 Å². The van der Waals surface area contributed by atoms with E-state index < -0.39 is 15.9 Å². The first-order valence-corrected chi connectivity index (χ1v) is 11.5. The first-order valence-electron chi connectivity index (χ1n) is 9.98. The van der Waals surface area contributed by atoms with Crippen LogP contribution in [-0.4, -0.2) is 20.4 Å². The van der Waals surface area contributed by atoms with Crippen molar-refractivity contribution in [2.75, 3.05) is 5.32 Å². The predicted octanol–water partition coefficient (Wildman–Crippen LogP) is 4.69. The molecule has 0 bridgehead atoms. The molecule has 3 rings (SSSR count). The SMILES string of the molecule is Cc1cc(NC(=O)c2cccc(S(=O)(=O)NC(C)CCc3ccccc3)c2)ccc1F. The van der Waals surface area contributed by atoms with Crippen LogP contribution in [0.2, 0.25) is 0 Å². The Bertz CT molecular complexity index is 1160. The van der Waals surface area contributed by atoms with Crippen LogP contribution in [0.15, 0.2) is 77.7 Å². The van der Waals surface area contributed by atoms with E-state index in [1.165, 1.54) is 42.5 Å². The average Bonchev–Trinajstić information content (AvgIpc) is 2.75. The highest BCUT2D eigenvalue weighted by Gasteiger charge is 2.19. The van der Waals surface area contributed by atoms with E-state index in [0.717, 1.165) is 12.0 Å². The lowest BCUT2D eigenvalue weighted by molar-refractivity contribution is 0.102. The molecular weight excluding hydrogens is 415 g/mol. The fraction of sp³-hybridized carbons (Fsp3) is 0.208. The highest BCUT2D eigenvalue weighted by Crippen LogP contribution is 2.17. The molecule has 5 nitrogen and oxygen atoms in total. The normalized spacial score (nSPS) is 12.4. The van der Waals surface area contributed by atoms with E-state index in [1.807, 2.05) is 37.3 Å². The van der Waals surface area contributed by atoms with Gasteiger partial charge in [-0.15, -0.1) is 0 Å². The van der Waals surface area contributed by atoms with Crippen LogP contribution in [0, 0.1) is 12.7 Å². The number of amides is 1. The van der Waals surface area contributed by atoms with Crippen molar-refractivity contribution >= 4 is 21.6 Å². The van der Waals surface area contributed by atoms with Gasteiger partial charge in [-0.2, -0.15) is 0 Å². The zero-order valence-electron chi connectivity index (χ0n) is 17.4. The molecule has 0 saturated heterocycles. The van der Waals surface area contributed by atoms with Gasteiger partial charge in [0.2, 0.25) is 10.0 Å². The topological polar surface area (TPSA) is 75.3 Å². The Labute approximate surface area is 182 Å². The maximum Gasteiger partial charge on any atom is 0.255 e. The smallest absolute Gasteiger partial charge is 0.255 e. The molecule has 0 heterocycles. The van der Waals surface area contributed by atoms with Gasteiger partial charge in [-0.25, -0.2) is 17.5 Å². The van der Waals surface area contributed by atoms with Crippen LogP contribution in [0.5, 0.6) is 0 Å². The van der Waals surface area contributed by atoms with Crippen LogP contribution in [0.4, 0.5) is 10.1 Å². The minimum atomic E-state index is -3.78. The first kappa shape index (κ1) is 22.7. The summed E-state index contributed by atoms with van der Waals surface area (Å²) in [6.45, 7) is 3.41. The lowest BCUT2D eigenvalue weighted by Gasteiger charge is -2.15. The number of rotatable bonds is 8. The van der Waals surface area contributed by atoms with Crippen molar-refractivity contribution in [1.29, 1.82) is 0 Å². The second-order valence-electron chi connectivity index (χ2n) is 7.49. The van der Waals surface area contributed by atoms with E-state index in [9.17, 15) is 17.6 Å². The number of hydrogen-bond donors (Lipinski definition) is 2. The van der Waals surface area contributed by atoms with Gasteiger partial charge in [0.15, 0.2) is 0 Å². The fourth-order valence-electron chi connectivity index (χ4n) is 3.15. The number of benzene rings is 3. The van der Waals surface area contributed by atoms with Crippen LogP contribution in [-0.2, 0) is 16.4 Å². The highest BCUT2D eigenvalue weighted by atomic mass is 32.2. The summed E-state index contributed by atoms with van der Waals surface area (Å²) in [7, 11) is -3.78. The summed E-state index contributed by atoms with van der Waals surface area (Å²) >= 11 is 0. The highest BCUT2D eigenvalue weighted by molar-refractivity contribution is 7.89. The van der Waals surface area contributed by atoms with Gasteiger partial charge < -0.3 is 5.32 Å². The minimum absolute atomic E-state index is 0.0157. The van der Waals surface area contributed by atoms with Gasteiger partial charge in [0.05, 0.1) is 4.90 Å². The quantitative estimate of drug-likeness (QED) is 0.534. The zero-order chi connectivity index (χ0) is 22.4. The predicted molar refractivity (Wildman–Crippen MR) is 120 cm³/mol. The summed E-state index contributed by atoms with van der Waals surface area (Å²) in [6, 6.07) is 19.7. The molecule has 0 saturated carbocycles. The molecule has 1 amide bonds. The summed E-state index contributed by atoms with van der Waals surface area (Å²) in [4.78, 5) is 12.6. The van der Waals surface area contributed by atoms with Crippen molar-refractivity contribution in [3.63, 3.8) is 0 Å². The third kappa shape index (κ3) is 6.23. The minimum Gasteiger partial charge on any atom is -0.322 e. The maximum atomic E-state index is 13.4. The number of hydrogen-bond acceptors (Lipinski definition) is 3. The Kier molecular flexibility index (Phi) is 7.20. The van der Waals surface area contributed by atoms with E-state index in [1.54, 1.807) is 6.92 Å². The first-order chi connectivity index (χ1) is 14.7. The van der Waals surface area contributed by atoms with Crippen LogP contribution in [0.1, 0.15) is 34.8 Å². The second-order valence-corrected chi connectivity index (χ2v) is 9.21. The van der Waals surface area contributed by atoms with Crippen LogP contribution >= 0.6 is 0 Å². The molecule has 0 radical (unpaired) electrons. The summed E-state index contributed by atoms with van der Waals surface area (Å²) in [5.74, 6) is -0.835. The van der Waals surface area contributed by atoms with Crippen molar-refractivity contribution in [3.05, 3.63) is 95.3 Å². The van der Waals surface area contributed by atoms with Gasteiger partial charge in [-0.05, 0) is 74.2 Å². The fourth-order valence-corrected chi connectivity index (χ4v) is 4.47. The Hall–Kier alpha value is -3.03. The Morgan fingerprint density at radius 1 is 1.00 bits per heavy atom. The van der Waals surface area contributed by atoms with Crippen molar-refractivity contribution in [2.45, 2.75) is 37.6 Å². The molecule has 1 unspecified atom stereocenters. The van der Waals surface area contributed by atoms with Gasteiger partial charge in [0.1, 0.15) is 5.82 Å². The standard InChI is InChI=1S/C24H25FN2O3S/c1-17-15-21(13-14-23(17)25)26-24(28)20-9-6-10-22(16-20)31(29,30)27-18(2)11-12-19-7-4-3-5-8-19/h3-10,13-16,18,27H,11-12H2,1-2H3,(H,26,28). The summed E-state index contributed by atoms with van der Waals surface area (Å²) < 4.78 is 41.7. The molecule has 1 atom stereocenters. The maximum absolute atomic E-state index is 13.4. The van der Waals surface area contributed by atoms with Gasteiger partial charge in [-0.3, -0.25) is 4.79 Å². The largest absolute Gasteiger partial charge is 0.322 e. The Morgan fingerprint density at radius 2 is 1.74 bits per heavy atom. The van der Waals surface area contributed by atoms with Gasteiger partial charge in [-0.1, -0.05) is 36.4 Å². The molecule has 3 aromatic carbocycles. The molecule has 3 aromatic rings. The van der Waals surface area contributed by atoms with Gasteiger partial charge in [0, 0.05) is 17.3 Å². The van der Waals surface area contributed by atoms with Gasteiger partial charge >= 0.3 is 0 Å². The van der Waals surface area contributed by atoms with Gasteiger partial charge in [0.25, 0.3) is 5.91 Å². The molecule has 0 aliphatic carbocycles. The monoisotopic (exact) mass is 440 g/mol. The molecule has 0 aliphatic rings. The number of carbonyl (C=O) groups is 1. The van der Waals surface area contributed by atoms with E-state index in [-0.39, 0.29) is 22.3 Å². The molecule has 0 aliphatic heterocycles. The third-order valence-corrected chi connectivity index (χ3v) is 6.47. The van der Waals surface area contributed by atoms with E-state index >= 15 is 0 Å². The number of carbonyl (C=O) groups excluding carboxylic acids is 1. The lowest BCUT2D eigenvalue weighted by atomic mass is 10.1. The van der Waals surface area contributed by atoms with Crippen molar-refractivity contribution in [1.82, 2.24) is 4.72 Å². The number of sulfonamides is 1. The number of nitrogens with one attached hydrogen (secondary N) is 2. The third-order valence-electron chi connectivity index (χ3n) is 4.89. The van der Waals surface area contributed by atoms with Crippen LogP contribution in [0.25, 0.3) is 0 Å². The molecule has 7 heteroatoms. The Morgan fingerprint density at radius 3 is 2.45 bits per heavy atom. The van der Waals surface area contributed by atoms with Crippen molar-refractivity contribution in [2.24, 2.45) is 0 Å². The molecule has 31 heavy (non-hydrogen) atoms. The average molecular weight is 441 g/mol. The molecular formula is C24H25FN2O3S. The summed E-state index contributed by atoms with van der Waals surface area (Å²) in [6.07, 6.45) is 1.40. The van der Waals surface area contributed by atoms with Crippen LogP contribution < -0.4 is 10.0 Å². The number of aryl methyl sites for hydroxylation is 2. The number of halogens is 1. The van der Waals surface area contributed by atoms with E-state index in [4.69, 9.17) is 0 Å². The summed E-state index contributed by atoms with van der Waals surface area (Å²) in [5, 5.41) is 2.66.